The highest BCUT2D eigenvalue weighted by atomic mass is 19.4. The zero-order valence-corrected chi connectivity index (χ0v) is 9.58. The third-order valence-electron chi connectivity index (χ3n) is 1.85. The predicted molar refractivity (Wildman–Crippen MR) is 58.6 cm³/mol. The van der Waals surface area contributed by atoms with Crippen molar-refractivity contribution in [1.29, 1.82) is 0 Å². The number of alkyl halides is 3. The molecule has 5 nitrogen and oxygen atoms in total. The maximum absolute atomic E-state index is 12.3. The van der Waals surface area contributed by atoms with Crippen molar-refractivity contribution in [2.45, 2.75) is 6.18 Å². The van der Waals surface area contributed by atoms with E-state index < -0.39 is 28.9 Å². The summed E-state index contributed by atoms with van der Waals surface area (Å²) >= 11 is 0. The topological polar surface area (TPSA) is 65.5 Å². The summed E-state index contributed by atoms with van der Waals surface area (Å²) in [5.41, 5.74) is -2.77. The maximum Gasteiger partial charge on any atom is 0.431 e. The molecular formula is C10H10F3N3O2. The maximum atomic E-state index is 12.3. The molecule has 0 aliphatic rings. The van der Waals surface area contributed by atoms with Crippen LogP contribution in [0.25, 0.3) is 0 Å². The van der Waals surface area contributed by atoms with E-state index in [1.54, 1.807) is 19.1 Å². The minimum Gasteiger partial charge on any atom is -0.369 e. The number of aromatic amines is 1. The van der Waals surface area contributed by atoms with Crippen LogP contribution in [0.3, 0.4) is 0 Å². The van der Waals surface area contributed by atoms with Crippen LogP contribution in [-0.4, -0.2) is 36.2 Å². The minimum absolute atomic E-state index is 0.443. The van der Waals surface area contributed by atoms with E-state index in [2.05, 4.69) is 4.99 Å². The second kappa shape index (κ2) is 5.03. The number of nitrogens with one attached hydrogen (secondary N) is 1. The van der Waals surface area contributed by atoms with Gasteiger partial charge in [-0.15, -0.1) is 0 Å². The van der Waals surface area contributed by atoms with Gasteiger partial charge in [-0.1, -0.05) is 0 Å². The summed E-state index contributed by atoms with van der Waals surface area (Å²) in [6, 6.07) is 1.43. The SMILES string of the molecule is CN(C)/C=N/C(=O)c1ccc(C(F)(F)F)[nH]c1=O. The highest BCUT2D eigenvalue weighted by molar-refractivity contribution is 5.98. The number of halogens is 3. The lowest BCUT2D eigenvalue weighted by molar-refractivity contribution is -0.141. The van der Waals surface area contributed by atoms with Crippen molar-refractivity contribution in [3.63, 3.8) is 0 Å². The molecule has 0 radical (unpaired) electrons. The number of rotatable bonds is 2. The molecule has 0 saturated carbocycles. The van der Waals surface area contributed by atoms with Gasteiger partial charge in [0.25, 0.3) is 11.5 Å². The molecule has 8 heteroatoms. The molecule has 18 heavy (non-hydrogen) atoms. The Morgan fingerprint density at radius 1 is 1.39 bits per heavy atom. The van der Waals surface area contributed by atoms with Crippen LogP contribution in [0.5, 0.6) is 0 Å². The van der Waals surface area contributed by atoms with Gasteiger partial charge in [-0.3, -0.25) is 9.59 Å². The number of H-pyrrole nitrogens is 1. The van der Waals surface area contributed by atoms with Gasteiger partial charge in [-0.05, 0) is 12.1 Å². The number of carbonyl (C=O) groups is 1. The molecule has 1 rings (SSSR count). The number of aliphatic imine (C=N–C) groups is 1. The molecule has 0 bridgehead atoms. The summed E-state index contributed by atoms with van der Waals surface area (Å²) in [5, 5.41) is 0. The third kappa shape index (κ3) is 3.44. The van der Waals surface area contributed by atoms with Crippen molar-refractivity contribution in [3.8, 4) is 0 Å². The first-order valence-corrected chi connectivity index (χ1v) is 4.77. The molecule has 0 fully saturated rings. The third-order valence-corrected chi connectivity index (χ3v) is 1.85. The van der Waals surface area contributed by atoms with Crippen LogP contribution in [-0.2, 0) is 6.18 Å². The number of carbonyl (C=O) groups excluding carboxylic acids is 1. The van der Waals surface area contributed by atoms with Crippen LogP contribution >= 0.6 is 0 Å². The molecule has 0 spiro atoms. The van der Waals surface area contributed by atoms with Crippen LogP contribution in [0, 0.1) is 0 Å². The lowest BCUT2D eigenvalue weighted by atomic mass is 10.2. The molecule has 1 amide bonds. The number of aromatic nitrogens is 1. The van der Waals surface area contributed by atoms with Crippen molar-refractivity contribution >= 4 is 12.2 Å². The Morgan fingerprint density at radius 2 is 2.00 bits per heavy atom. The van der Waals surface area contributed by atoms with E-state index in [-0.39, 0.29) is 0 Å². The van der Waals surface area contributed by atoms with E-state index in [0.717, 1.165) is 12.4 Å². The van der Waals surface area contributed by atoms with Gasteiger partial charge in [0.2, 0.25) is 0 Å². The molecule has 98 valence electrons. The molecule has 1 aromatic rings. The van der Waals surface area contributed by atoms with Crippen molar-refractivity contribution < 1.29 is 18.0 Å². The standard InChI is InChI=1S/C10H10F3N3O2/c1-16(2)5-14-8(17)6-3-4-7(10(11,12)13)15-9(6)18/h3-5H,1-2H3,(H,15,18)/b14-5+. The predicted octanol–water partition coefficient (Wildman–Crippen LogP) is 1.12. The molecule has 0 aliphatic carbocycles. The zero-order valence-electron chi connectivity index (χ0n) is 9.58. The van der Waals surface area contributed by atoms with Gasteiger partial charge in [-0.2, -0.15) is 18.2 Å². The van der Waals surface area contributed by atoms with Crippen molar-refractivity contribution in [2.24, 2.45) is 4.99 Å². The molecular weight excluding hydrogens is 251 g/mol. The second-order valence-electron chi connectivity index (χ2n) is 3.63. The fourth-order valence-corrected chi connectivity index (χ4v) is 1.04. The average Bonchev–Trinajstić information content (AvgIpc) is 2.24. The van der Waals surface area contributed by atoms with Crippen LogP contribution in [0.4, 0.5) is 13.2 Å². The van der Waals surface area contributed by atoms with Gasteiger partial charge in [0, 0.05) is 14.1 Å². The Labute approximate surface area is 100.0 Å². The lowest BCUT2D eigenvalue weighted by Gasteiger charge is -2.06. The Bertz CT molecular complexity index is 532. The van der Waals surface area contributed by atoms with E-state index in [1.165, 1.54) is 4.90 Å². The van der Waals surface area contributed by atoms with E-state index in [0.29, 0.717) is 6.07 Å². The van der Waals surface area contributed by atoms with Gasteiger partial charge in [-0.25, -0.2) is 0 Å². The number of amides is 1. The van der Waals surface area contributed by atoms with E-state index >= 15 is 0 Å². The quantitative estimate of drug-likeness (QED) is 0.641. The summed E-state index contributed by atoms with van der Waals surface area (Å²) in [7, 11) is 3.21. The van der Waals surface area contributed by atoms with Gasteiger partial charge < -0.3 is 9.88 Å². The highest BCUT2D eigenvalue weighted by Crippen LogP contribution is 2.26. The first-order valence-electron chi connectivity index (χ1n) is 4.77. The Kier molecular flexibility index (Phi) is 3.89. The summed E-state index contributed by atoms with van der Waals surface area (Å²) in [6.07, 6.45) is -3.51. The summed E-state index contributed by atoms with van der Waals surface area (Å²) in [6.45, 7) is 0. The monoisotopic (exact) mass is 261 g/mol. The molecule has 1 heterocycles. The molecule has 1 aromatic heterocycles. The van der Waals surface area contributed by atoms with E-state index in [9.17, 15) is 22.8 Å². The fraction of sp³-hybridized carbons (Fsp3) is 0.300. The Hall–Kier alpha value is -2.12. The largest absolute Gasteiger partial charge is 0.431 e. The summed E-state index contributed by atoms with van der Waals surface area (Å²) < 4.78 is 36.8. The van der Waals surface area contributed by atoms with Crippen LogP contribution in [0.1, 0.15) is 16.1 Å². The van der Waals surface area contributed by atoms with Gasteiger partial charge in [0.05, 0.1) is 6.34 Å². The number of hydrogen-bond acceptors (Lipinski definition) is 2. The van der Waals surface area contributed by atoms with Crippen molar-refractivity contribution in [2.75, 3.05) is 14.1 Å². The molecule has 0 unspecified atom stereocenters. The Balaban J connectivity index is 3.07. The first kappa shape index (κ1) is 13.9. The zero-order chi connectivity index (χ0) is 13.9. The normalized spacial score (nSPS) is 11.8. The molecule has 0 atom stereocenters. The van der Waals surface area contributed by atoms with Crippen LogP contribution in [0.15, 0.2) is 21.9 Å². The molecule has 1 N–H and O–H groups in total. The van der Waals surface area contributed by atoms with Gasteiger partial charge in [0.15, 0.2) is 0 Å². The van der Waals surface area contributed by atoms with Crippen molar-refractivity contribution in [1.82, 2.24) is 9.88 Å². The van der Waals surface area contributed by atoms with E-state index in [4.69, 9.17) is 0 Å². The average molecular weight is 261 g/mol. The number of nitrogens with zero attached hydrogens (tertiary/aromatic N) is 2. The van der Waals surface area contributed by atoms with E-state index in [1.807, 2.05) is 0 Å². The molecule has 0 aliphatic heterocycles. The Morgan fingerprint density at radius 3 is 2.44 bits per heavy atom. The first-order chi connectivity index (χ1) is 8.21. The highest BCUT2D eigenvalue weighted by Gasteiger charge is 2.32. The van der Waals surface area contributed by atoms with Gasteiger partial charge >= 0.3 is 6.18 Å². The lowest BCUT2D eigenvalue weighted by Crippen LogP contribution is -2.22. The van der Waals surface area contributed by atoms with Crippen LogP contribution < -0.4 is 5.56 Å². The second-order valence-corrected chi connectivity index (χ2v) is 3.63. The number of hydrogen-bond donors (Lipinski definition) is 1. The van der Waals surface area contributed by atoms with Crippen LogP contribution in [0.2, 0.25) is 0 Å². The molecule has 0 aromatic carbocycles. The molecule has 0 saturated heterocycles. The number of pyridine rings is 1. The van der Waals surface area contributed by atoms with Crippen molar-refractivity contribution in [3.05, 3.63) is 33.7 Å². The fourth-order valence-electron chi connectivity index (χ4n) is 1.04. The summed E-state index contributed by atoms with van der Waals surface area (Å²) in [5.74, 6) is -0.904. The minimum atomic E-state index is -4.66. The smallest absolute Gasteiger partial charge is 0.369 e. The summed E-state index contributed by atoms with van der Waals surface area (Å²) in [4.78, 5) is 29.2. The van der Waals surface area contributed by atoms with Gasteiger partial charge in [0.1, 0.15) is 11.3 Å².